The minimum absolute atomic E-state index is 0.0475. The number of piperidine rings is 1. The van der Waals surface area contributed by atoms with Gasteiger partial charge in [-0.2, -0.15) is 0 Å². The van der Waals surface area contributed by atoms with Crippen molar-refractivity contribution in [3.8, 4) is 0 Å². The van der Waals surface area contributed by atoms with Crippen LogP contribution < -0.4 is 5.46 Å². The van der Waals surface area contributed by atoms with Crippen LogP contribution in [0.15, 0.2) is 42.6 Å². The maximum absolute atomic E-state index is 12.2. The lowest BCUT2D eigenvalue weighted by molar-refractivity contribution is 0.00578. The molecule has 1 amide bonds. The van der Waals surface area contributed by atoms with Crippen LogP contribution in [0.4, 0.5) is 0 Å². The predicted molar refractivity (Wildman–Crippen MR) is 153 cm³/mol. The molecule has 38 heavy (non-hydrogen) atoms. The molecule has 2 aliphatic heterocycles. The second-order valence-electron chi connectivity index (χ2n) is 12.2. The van der Waals surface area contributed by atoms with Gasteiger partial charge in [0.25, 0.3) is 5.91 Å². The van der Waals surface area contributed by atoms with Gasteiger partial charge in [0.15, 0.2) is 0 Å². The number of benzene rings is 1. The third-order valence-electron chi connectivity index (χ3n) is 9.05. The first-order valence-electron chi connectivity index (χ1n) is 13.7. The maximum Gasteiger partial charge on any atom is 0.495 e. The number of carbonyl (C=O) groups excluding carboxylic acids is 1. The van der Waals surface area contributed by atoms with Crippen LogP contribution in [0.25, 0.3) is 11.0 Å². The average Bonchev–Trinajstić information content (AvgIpc) is 3.34. The van der Waals surface area contributed by atoms with Crippen LogP contribution in [0.5, 0.6) is 0 Å². The van der Waals surface area contributed by atoms with Gasteiger partial charge in [-0.15, -0.1) is 0 Å². The van der Waals surface area contributed by atoms with E-state index >= 15 is 0 Å². The highest BCUT2D eigenvalue weighted by Crippen LogP contribution is 2.38. The number of pyridine rings is 1. The molecule has 5 rings (SSSR count). The first-order chi connectivity index (χ1) is 17.9. The van der Waals surface area contributed by atoms with Gasteiger partial charge < -0.3 is 18.8 Å². The van der Waals surface area contributed by atoms with Gasteiger partial charge in [0, 0.05) is 50.0 Å². The molecule has 0 bridgehead atoms. The van der Waals surface area contributed by atoms with Crippen molar-refractivity contribution in [2.75, 3.05) is 27.2 Å². The van der Waals surface area contributed by atoms with Gasteiger partial charge in [-0.1, -0.05) is 12.1 Å². The lowest BCUT2D eigenvalue weighted by Crippen LogP contribution is -2.41. The summed E-state index contributed by atoms with van der Waals surface area (Å²) >= 11 is 0. The van der Waals surface area contributed by atoms with Crippen LogP contribution in [0.2, 0.25) is 0 Å². The van der Waals surface area contributed by atoms with Crippen molar-refractivity contribution >= 4 is 29.5 Å². The van der Waals surface area contributed by atoms with E-state index in [2.05, 4.69) is 69.3 Å². The van der Waals surface area contributed by atoms with Gasteiger partial charge in [0.1, 0.15) is 5.65 Å². The lowest BCUT2D eigenvalue weighted by Gasteiger charge is -2.36. The van der Waals surface area contributed by atoms with Gasteiger partial charge in [0.2, 0.25) is 0 Å². The molecule has 0 spiro atoms. The summed E-state index contributed by atoms with van der Waals surface area (Å²) in [5.74, 6) is 0.567. The predicted octanol–water partition coefficient (Wildman–Crippen LogP) is 4.51. The quantitative estimate of drug-likeness (QED) is 0.467. The Labute approximate surface area is 227 Å². The first-order valence-corrected chi connectivity index (χ1v) is 13.7. The first kappa shape index (κ1) is 26.9. The summed E-state index contributed by atoms with van der Waals surface area (Å²) in [5, 5.41) is 1.09. The maximum atomic E-state index is 12.2. The Balaban J connectivity index is 1.31. The Kier molecular flexibility index (Phi) is 6.95. The topological polar surface area (TPSA) is 59.8 Å². The number of hydrogen-bond acceptors (Lipinski definition) is 5. The van der Waals surface area contributed by atoms with Gasteiger partial charge in [-0.05, 0) is 102 Å². The van der Waals surface area contributed by atoms with Gasteiger partial charge >= 0.3 is 7.12 Å². The van der Waals surface area contributed by atoms with Crippen LogP contribution in [0.3, 0.4) is 0 Å². The van der Waals surface area contributed by atoms with Crippen molar-refractivity contribution in [1.82, 2.24) is 19.4 Å². The molecule has 8 heteroatoms. The van der Waals surface area contributed by atoms with E-state index < -0.39 is 7.12 Å². The summed E-state index contributed by atoms with van der Waals surface area (Å²) < 4.78 is 15.0. The fourth-order valence-electron chi connectivity index (χ4n) is 5.80. The van der Waals surface area contributed by atoms with Crippen LogP contribution in [0, 0.1) is 0 Å². The smallest absolute Gasteiger partial charge is 0.399 e. The fraction of sp³-hybridized carbons (Fsp3) is 0.533. The molecular weight excluding hydrogens is 475 g/mol. The standard InChI is InChI=1S/C30H41BN4O3/c1-20(35-17-14-22(15-18-35)21-9-11-23(12-10-21)28(36)33(6)7)26-19-24-25(13-16-32-27(24)34(26)8)31-37-29(2,3)30(4,5)38-31/h9-13,16,19-20,22H,14-15,17-18H2,1-8H3. The number of nitrogens with zero attached hydrogens (tertiary/aromatic N) is 4. The Morgan fingerprint density at radius 3 is 2.24 bits per heavy atom. The zero-order chi connectivity index (χ0) is 27.4. The molecule has 0 N–H and O–H groups in total. The Morgan fingerprint density at radius 1 is 1.05 bits per heavy atom. The number of likely N-dealkylation sites (tertiary alicyclic amines) is 1. The molecule has 1 aromatic carbocycles. The van der Waals surface area contributed by atoms with Gasteiger partial charge in [0.05, 0.1) is 11.2 Å². The second-order valence-corrected chi connectivity index (χ2v) is 12.2. The Hall–Kier alpha value is -2.68. The molecule has 0 saturated carbocycles. The zero-order valence-electron chi connectivity index (χ0n) is 24.1. The molecule has 202 valence electrons. The summed E-state index contributed by atoms with van der Waals surface area (Å²) in [5.41, 5.74) is 4.55. The molecule has 2 fully saturated rings. The Bertz CT molecular complexity index is 1310. The molecule has 2 saturated heterocycles. The fourth-order valence-corrected chi connectivity index (χ4v) is 5.80. The summed E-state index contributed by atoms with van der Waals surface area (Å²) in [7, 11) is 5.28. The number of rotatable bonds is 5. The minimum atomic E-state index is -0.411. The number of hydrogen-bond donors (Lipinski definition) is 0. The average molecular weight is 516 g/mol. The van der Waals surface area contributed by atoms with Crippen LogP contribution >= 0.6 is 0 Å². The van der Waals surface area contributed by atoms with E-state index in [1.807, 2.05) is 24.4 Å². The Morgan fingerprint density at radius 2 is 1.66 bits per heavy atom. The zero-order valence-corrected chi connectivity index (χ0v) is 24.1. The third kappa shape index (κ3) is 4.67. The largest absolute Gasteiger partial charge is 0.495 e. The monoisotopic (exact) mass is 516 g/mol. The van der Waals surface area contributed by atoms with Crippen LogP contribution in [0.1, 0.15) is 81.0 Å². The molecule has 2 aromatic heterocycles. The highest BCUT2D eigenvalue weighted by molar-refractivity contribution is 6.65. The van der Waals surface area contributed by atoms with Gasteiger partial charge in [-0.25, -0.2) is 4.98 Å². The van der Waals surface area contributed by atoms with Crippen molar-refractivity contribution in [2.45, 2.75) is 70.6 Å². The summed E-state index contributed by atoms with van der Waals surface area (Å²) in [6.07, 6.45) is 4.07. The number of carbonyl (C=O) groups is 1. The highest BCUT2D eigenvalue weighted by atomic mass is 16.7. The number of aromatic nitrogens is 2. The molecule has 3 aromatic rings. The SMILES string of the molecule is CC(c1cc2c(B3OC(C)(C)C(C)(C)O3)ccnc2n1C)N1CCC(c2ccc(C(=O)N(C)C)cc2)CC1. The van der Waals surface area contributed by atoms with Crippen molar-refractivity contribution in [3.63, 3.8) is 0 Å². The van der Waals surface area contributed by atoms with Crippen molar-refractivity contribution in [2.24, 2.45) is 7.05 Å². The highest BCUT2D eigenvalue weighted by Gasteiger charge is 2.52. The third-order valence-corrected chi connectivity index (χ3v) is 9.05. The summed E-state index contributed by atoms with van der Waals surface area (Å²) in [4.78, 5) is 21.1. The number of aryl methyl sites for hydroxylation is 1. The minimum Gasteiger partial charge on any atom is -0.399 e. The van der Waals surface area contributed by atoms with E-state index in [0.29, 0.717) is 5.92 Å². The summed E-state index contributed by atoms with van der Waals surface area (Å²) in [6, 6.07) is 12.8. The summed E-state index contributed by atoms with van der Waals surface area (Å²) in [6.45, 7) is 12.7. The van der Waals surface area contributed by atoms with Crippen LogP contribution in [-0.4, -0.2) is 70.8 Å². The number of fused-ring (bicyclic) bond motifs is 1. The van der Waals surface area contributed by atoms with E-state index in [0.717, 1.165) is 48.0 Å². The molecule has 7 nitrogen and oxygen atoms in total. The second kappa shape index (κ2) is 9.81. The van der Waals surface area contributed by atoms with Crippen molar-refractivity contribution in [1.29, 1.82) is 0 Å². The van der Waals surface area contributed by atoms with Gasteiger partial charge in [-0.3, -0.25) is 9.69 Å². The molecule has 0 radical (unpaired) electrons. The van der Waals surface area contributed by atoms with Crippen molar-refractivity contribution < 1.29 is 14.1 Å². The molecule has 1 atom stereocenters. The molecular formula is C30H41BN4O3. The van der Waals surface area contributed by atoms with E-state index in [1.165, 1.54) is 11.3 Å². The van der Waals surface area contributed by atoms with Crippen molar-refractivity contribution in [3.05, 3.63) is 59.4 Å². The van der Waals surface area contributed by atoms with Crippen LogP contribution in [-0.2, 0) is 16.4 Å². The molecule has 2 aliphatic rings. The van der Waals surface area contributed by atoms with E-state index in [9.17, 15) is 4.79 Å². The molecule has 4 heterocycles. The van der Waals surface area contributed by atoms with E-state index in [4.69, 9.17) is 14.3 Å². The molecule has 1 unspecified atom stereocenters. The normalized spacial score (nSPS) is 20.7. The lowest BCUT2D eigenvalue weighted by atomic mass is 9.78. The molecule has 0 aliphatic carbocycles. The van der Waals surface area contributed by atoms with E-state index in [-0.39, 0.29) is 23.2 Å². The van der Waals surface area contributed by atoms with E-state index in [1.54, 1.807) is 19.0 Å². The number of amides is 1.